The quantitative estimate of drug-likeness (QED) is 0.556. The highest BCUT2D eigenvalue weighted by Crippen LogP contribution is 2.13. The predicted molar refractivity (Wildman–Crippen MR) is 103 cm³/mol. The van der Waals surface area contributed by atoms with E-state index in [1.54, 1.807) is 48.5 Å². The van der Waals surface area contributed by atoms with Gasteiger partial charge in [0.05, 0.1) is 0 Å². The number of nitrogens with one attached hydrogen (secondary N) is 2. The molecule has 0 aromatic heterocycles. The van der Waals surface area contributed by atoms with E-state index in [0.717, 1.165) is 19.3 Å². The minimum Gasteiger partial charge on any atom is -0.352 e. The summed E-state index contributed by atoms with van der Waals surface area (Å²) in [6.07, 6.45) is 3.11. The van der Waals surface area contributed by atoms with E-state index in [2.05, 4.69) is 17.6 Å². The molecule has 0 radical (unpaired) electrons. The number of Topliss-reactive ketones (excluding diaryl/α,β-unsaturated/α-hetero) is 1. The molecule has 0 bridgehead atoms. The molecule has 0 aliphatic rings. The first-order chi connectivity index (χ1) is 12.5. The zero-order chi connectivity index (χ0) is 18.9. The molecule has 5 nitrogen and oxygen atoms in total. The second-order valence-corrected chi connectivity index (χ2v) is 6.13. The van der Waals surface area contributed by atoms with Gasteiger partial charge in [0.15, 0.2) is 5.78 Å². The third-order valence-electron chi connectivity index (χ3n) is 4.00. The van der Waals surface area contributed by atoms with Gasteiger partial charge in [-0.1, -0.05) is 25.8 Å². The van der Waals surface area contributed by atoms with Crippen LogP contribution in [-0.4, -0.2) is 24.1 Å². The second-order valence-electron chi connectivity index (χ2n) is 6.13. The number of anilines is 1. The van der Waals surface area contributed by atoms with Crippen LogP contribution in [0.1, 0.15) is 64.2 Å². The van der Waals surface area contributed by atoms with Crippen molar-refractivity contribution in [1.82, 2.24) is 5.32 Å². The minimum atomic E-state index is -0.304. The van der Waals surface area contributed by atoms with E-state index in [1.165, 1.54) is 6.92 Å². The lowest BCUT2D eigenvalue weighted by molar-refractivity contribution is 0.0952. The summed E-state index contributed by atoms with van der Waals surface area (Å²) in [7, 11) is 0. The molecule has 2 aromatic rings. The highest BCUT2D eigenvalue weighted by molar-refractivity contribution is 6.06. The van der Waals surface area contributed by atoms with Crippen LogP contribution in [0, 0.1) is 0 Å². The molecule has 0 heterocycles. The average molecular weight is 352 g/mol. The lowest BCUT2D eigenvalue weighted by Gasteiger charge is -2.08. The topological polar surface area (TPSA) is 75.3 Å². The smallest absolute Gasteiger partial charge is 0.255 e. The largest absolute Gasteiger partial charge is 0.352 e. The van der Waals surface area contributed by atoms with Crippen LogP contribution in [0.3, 0.4) is 0 Å². The van der Waals surface area contributed by atoms with Crippen molar-refractivity contribution in [2.24, 2.45) is 0 Å². The van der Waals surface area contributed by atoms with Gasteiger partial charge in [-0.2, -0.15) is 0 Å². The summed E-state index contributed by atoms with van der Waals surface area (Å²) in [5.41, 5.74) is 2.04. The molecule has 2 rings (SSSR count). The van der Waals surface area contributed by atoms with Crippen LogP contribution in [0.15, 0.2) is 48.5 Å². The van der Waals surface area contributed by atoms with Gasteiger partial charge in [0.25, 0.3) is 11.8 Å². The lowest BCUT2D eigenvalue weighted by atomic mass is 10.1. The Morgan fingerprint density at radius 1 is 0.846 bits per heavy atom. The standard InChI is InChI=1S/C21H24N2O3/c1-3-4-5-13-22-20(25)17-7-6-8-18(14-17)21(26)23-19-11-9-16(10-12-19)15(2)24/h6-12,14H,3-5,13H2,1-2H3,(H,22,25)(H,23,26). The number of ketones is 1. The first-order valence-electron chi connectivity index (χ1n) is 8.82. The summed E-state index contributed by atoms with van der Waals surface area (Å²) in [5.74, 6) is -0.511. The van der Waals surface area contributed by atoms with Crippen molar-refractivity contribution >= 4 is 23.3 Å². The summed E-state index contributed by atoms with van der Waals surface area (Å²) in [6.45, 7) is 4.23. The molecule has 5 heteroatoms. The van der Waals surface area contributed by atoms with Crippen molar-refractivity contribution in [2.45, 2.75) is 33.1 Å². The van der Waals surface area contributed by atoms with E-state index in [9.17, 15) is 14.4 Å². The van der Waals surface area contributed by atoms with Gasteiger partial charge in [-0.05, 0) is 55.8 Å². The van der Waals surface area contributed by atoms with Crippen molar-refractivity contribution in [2.75, 3.05) is 11.9 Å². The minimum absolute atomic E-state index is 0.0273. The van der Waals surface area contributed by atoms with Crippen LogP contribution >= 0.6 is 0 Å². The molecule has 136 valence electrons. The van der Waals surface area contributed by atoms with Crippen molar-refractivity contribution in [3.05, 3.63) is 65.2 Å². The molecule has 2 amide bonds. The van der Waals surface area contributed by atoms with Crippen LogP contribution in [-0.2, 0) is 0 Å². The van der Waals surface area contributed by atoms with Gasteiger partial charge in [-0.15, -0.1) is 0 Å². The molecular weight excluding hydrogens is 328 g/mol. The number of rotatable bonds is 8. The molecular formula is C21H24N2O3. The van der Waals surface area contributed by atoms with Crippen LogP contribution in [0.2, 0.25) is 0 Å². The summed E-state index contributed by atoms with van der Waals surface area (Å²) >= 11 is 0. The number of hydrogen-bond acceptors (Lipinski definition) is 3. The number of benzene rings is 2. The Hall–Kier alpha value is -2.95. The van der Waals surface area contributed by atoms with Crippen LogP contribution in [0.25, 0.3) is 0 Å². The summed E-state index contributed by atoms with van der Waals surface area (Å²) in [5, 5.41) is 5.63. The summed E-state index contributed by atoms with van der Waals surface area (Å²) in [6, 6.07) is 13.3. The number of carbonyl (C=O) groups excluding carboxylic acids is 3. The molecule has 0 aliphatic heterocycles. The van der Waals surface area contributed by atoms with Gasteiger partial charge in [0.2, 0.25) is 0 Å². The van der Waals surface area contributed by atoms with Gasteiger partial charge in [0, 0.05) is 28.9 Å². The Morgan fingerprint density at radius 2 is 1.50 bits per heavy atom. The maximum atomic E-state index is 12.4. The molecule has 0 unspecified atom stereocenters. The molecule has 0 spiro atoms. The molecule has 0 saturated heterocycles. The first kappa shape index (κ1) is 19.4. The fraction of sp³-hybridized carbons (Fsp3) is 0.286. The van der Waals surface area contributed by atoms with Crippen LogP contribution in [0.5, 0.6) is 0 Å². The number of unbranched alkanes of at least 4 members (excludes halogenated alkanes) is 2. The van der Waals surface area contributed by atoms with Gasteiger partial charge >= 0.3 is 0 Å². The Labute approximate surface area is 153 Å². The lowest BCUT2D eigenvalue weighted by Crippen LogP contribution is -2.24. The monoisotopic (exact) mass is 352 g/mol. The van der Waals surface area contributed by atoms with Crippen LogP contribution in [0.4, 0.5) is 5.69 Å². The van der Waals surface area contributed by atoms with Crippen LogP contribution < -0.4 is 10.6 Å². The van der Waals surface area contributed by atoms with Gasteiger partial charge in [-0.25, -0.2) is 0 Å². The fourth-order valence-electron chi connectivity index (χ4n) is 2.47. The zero-order valence-electron chi connectivity index (χ0n) is 15.2. The molecule has 0 saturated carbocycles. The van der Waals surface area contributed by atoms with E-state index in [4.69, 9.17) is 0 Å². The maximum Gasteiger partial charge on any atom is 0.255 e. The summed E-state index contributed by atoms with van der Waals surface area (Å²) < 4.78 is 0. The fourth-order valence-corrected chi connectivity index (χ4v) is 2.47. The normalized spacial score (nSPS) is 10.2. The molecule has 0 aliphatic carbocycles. The zero-order valence-corrected chi connectivity index (χ0v) is 15.2. The Bertz CT molecular complexity index is 782. The Kier molecular flexibility index (Phi) is 7.09. The number of amides is 2. The van der Waals surface area contributed by atoms with E-state index in [0.29, 0.717) is 28.9 Å². The van der Waals surface area contributed by atoms with Crippen molar-refractivity contribution in [1.29, 1.82) is 0 Å². The average Bonchev–Trinajstić information content (AvgIpc) is 2.65. The summed E-state index contributed by atoms with van der Waals surface area (Å²) in [4.78, 5) is 35.9. The van der Waals surface area contributed by atoms with E-state index in [1.807, 2.05) is 0 Å². The third-order valence-corrected chi connectivity index (χ3v) is 4.00. The molecule has 2 N–H and O–H groups in total. The second kappa shape index (κ2) is 9.51. The SMILES string of the molecule is CCCCCNC(=O)c1cccc(C(=O)Nc2ccc(C(C)=O)cc2)c1. The van der Waals surface area contributed by atoms with E-state index in [-0.39, 0.29) is 17.6 Å². The Morgan fingerprint density at radius 3 is 2.12 bits per heavy atom. The van der Waals surface area contributed by atoms with Gasteiger partial charge < -0.3 is 10.6 Å². The van der Waals surface area contributed by atoms with Crippen molar-refractivity contribution in [3.63, 3.8) is 0 Å². The molecule has 26 heavy (non-hydrogen) atoms. The van der Waals surface area contributed by atoms with Gasteiger partial charge in [0.1, 0.15) is 0 Å². The highest BCUT2D eigenvalue weighted by Gasteiger charge is 2.11. The Balaban J connectivity index is 2.00. The number of carbonyl (C=O) groups is 3. The van der Waals surface area contributed by atoms with Crippen molar-refractivity contribution < 1.29 is 14.4 Å². The maximum absolute atomic E-state index is 12.4. The van der Waals surface area contributed by atoms with Crippen molar-refractivity contribution in [3.8, 4) is 0 Å². The third kappa shape index (κ3) is 5.55. The number of hydrogen-bond donors (Lipinski definition) is 2. The van der Waals surface area contributed by atoms with E-state index >= 15 is 0 Å². The highest BCUT2D eigenvalue weighted by atomic mass is 16.2. The van der Waals surface area contributed by atoms with E-state index < -0.39 is 0 Å². The van der Waals surface area contributed by atoms with Gasteiger partial charge in [-0.3, -0.25) is 14.4 Å². The molecule has 0 atom stereocenters. The molecule has 2 aromatic carbocycles. The first-order valence-corrected chi connectivity index (χ1v) is 8.82. The molecule has 0 fully saturated rings. The predicted octanol–water partition coefficient (Wildman–Crippen LogP) is 4.06.